The molecule has 0 aliphatic heterocycles. The van der Waals surface area contributed by atoms with Crippen LogP contribution in [0.5, 0.6) is 0 Å². The Kier molecular flexibility index (Phi) is 2.67. The van der Waals surface area contributed by atoms with Gasteiger partial charge in [0.2, 0.25) is 0 Å². The van der Waals surface area contributed by atoms with Crippen molar-refractivity contribution >= 4 is 11.6 Å². The van der Waals surface area contributed by atoms with Gasteiger partial charge >= 0.3 is 5.97 Å². The molecule has 0 radical (unpaired) electrons. The van der Waals surface area contributed by atoms with E-state index in [1.54, 1.807) is 6.92 Å². The van der Waals surface area contributed by atoms with Crippen molar-refractivity contribution in [2.45, 2.75) is 44.4 Å². The maximum atomic E-state index is 12.5. The van der Waals surface area contributed by atoms with E-state index in [0.717, 1.165) is 31.4 Å². The van der Waals surface area contributed by atoms with Crippen LogP contribution in [0.3, 0.4) is 0 Å². The zero-order valence-corrected chi connectivity index (χ0v) is 11.9. The van der Waals surface area contributed by atoms with Gasteiger partial charge in [-0.3, -0.25) is 9.89 Å². The number of aromatic amines is 1. The third-order valence-corrected chi connectivity index (χ3v) is 4.19. The second kappa shape index (κ2) is 4.44. The van der Waals surface area contributed by atoms with E-state index in [1.165, 1.54) is 16.3 Å². The number of rotatable bonds is 4. The number of aromatic nitrogens is 3. The molecule has 0 bridgehead atoms. The standard InChI is InChI=1S/C15H17N3O3/c1-2-21-15(20)10-7-16-13-11(8-3-4-8)12(9-5-6-9)17-18(13)14(10)19/h7-9,17H,2-6H2,1H3. The Bertz CT molecular complexity index is 781. The smallest absolute Gasteiger partial charge is 0.345 e. The van der Waals surface area contributed by atoms with Gasteiger partial charge < -0.3 is 4.74 Å². The molecule has 2 heterocycles. The molecule has 0 aromatic carbocycles. The molecule has 110 valence electrons. The summed E-state index contributed by atoms with van der Waals surface area (Å²) in [6, 6.07) is 0. The highest BCUT2D eigenvalue weighted by Gasteiger charge is 2.37. The molecule has 21 heavy (non-hydrogen) atoms. The molecule has 6 heteroatoms. The number of fused-ring (bicyclic) bond motifs is 1. The summed E-state index contributed by atoms with van der Waals surface area (Å²) >= 11 is 0. The van der Waals surface area contributed by atoms with Gasteiger partial charge in [-0.2, -0.15) is 0 Å². The Morgan fingerprint density at radius 2 is 2.10 bits per heavy atom. The third-order valence-electron chi connectivity index (χ3n) is 4.19. The molecular formula is C15H17N3O3. The maximum Gasteiger partial charge on any atom is 0.345 e. The molecule has 2 aliphatic rings. The number of hydrogen-bond acceptors (Lipinski definition) is 4. The number of hydrogen-bond donors (Lipinski definition) is 1. The van der Waals surface area contributed by atoms with Gasteiger partial charge in [0.15, 0.2) is 5.65 Å². The van der Waals surface area contributed by atoms with Gasteiger partial charge in [-0.05, 0) is 38.5 Å². The summed E-state index contributed by atoms with van der Waals surface area (Å²) in [5, 5.41) is 3.19. The SMILES string of the molecule is CCOC(=O)c1cnc2c(C3CC3)c(C3CC3)[nH]n2c1=O. The predicted molar refractivity (Wildman–Crippen MR) is 75.7 cm³/mol. The van der Waals surface area contributed by atoms with Crippen molar-refractivity contribution < 1.29 is 9.53 Å². The van der Waals surface area contributed by atoms with Crippen molar-refractivity contribution in [2.24, 2.45) is 0 Å². The number of esters is 1. The van der Waals surface area contributed by atoms with Crippen molar-refractivity contribution in [1.82, 2.24) is 14.6 Å². The number of nitrogens with zero attached hydrogens (tertiary/aromatic N) is 2. The average molecular weight is 287 g/mol. The van der Waals surface area contributed by atoms with Gasteiger partial charge in [-0.1, -0.05) is 0 Å². The van der Waals surface area contributed by atoms with Gasteiger partial charge in [-0.15, -0.1) is 0 Å². The van der Waals surface area contributed by atoms with Crippen LogP contribution < -0.4 is 5.56 Å². The fourth-order valence-corrected chi connectivity index (χ4v) is 2.86. The lowest BCUT2D eigenvalue weighted by atomic mass is 10.1. The summed E-state index contributed by atoms with van der Waals surface area (Å²) in [4.78, 5) is 28.7. The van der Waals surface area contributed by atoms with E-state index in [1.807, 2.05) is 0 Å². The maximum absolute atomic E-state index is 12.5. The summed E-state index contributed by atoms with van der Waals surface area (Å²) in [6.45, 7) is 1.96. The minimum Gasteiger partial charge on any atom is -0.462 e. The first-order valence-corrected chi connectivity index (χ1v) is 7.51. The van der Waals surface area contributed by atoms with Crippen molar-refractivity contribution in [2.75, 3.05) is 6.61 Å². The van der Waals surface area contributed by atoms with E-state index in [0.29, 0.717) is 17.5 Å². The lowest BCUT2D eigenvalue weighted by molar-refractivity contribution is 0.0523. The quantitative estimate of drug-likeness (QED) is 0.872. The number of ether oxygens (including phenoxy) is 1. The van der Waals surface area contributed by atoms with Crippen LogP contribution in [0.1, 0.15) is 66.1 Å². The summed E-state index contributed by atoms with van der Waals surface area (Å²) < 4.78 is 6.33. The highest BCUT2D eigenvalue weighted by molar-refractivity contribution is 5.88. The van der Waals surface area contributed by atoms with E-state index >= 15 is 0 Å². The molecule has 4 rings (SSSR count). The van der Waals surface area contributed by atoms with Crippen LogP contribution in [0.25, 0.3) is 5.65 Å². The minimum atomic E-state index is -0.611. The molecule has 2 aliphatic carbocycles. The normalized spacial score (nSPS) is 18.1. The third kappa shape index (κ3) is 1.97. The van der Waals surface area contributed by atoms with Crippen LogP contribution in [-0.4, -0.2) is 27.2 Å². The first kappa shape index (κ1) is 12.6. The second-order valence-corrected chi connectivity index (χ2v) is 5.84. The van der Waals surface area contributed by atoms with Gasteiger partial charge in [0, 0.05) is 23.4 Å². The molecule has 6 nitrogen and oxygen atoms in total. The van der Waals surface area contributed by atoms with Crippen LogP contribution in [0.15, 0.2) is 11.0 Å². The Balaban J connectivity index is 1.90. The van der Waals surface area contributed by atoms with Crippen LogP contribution in [0.4, 0.5) is 0 Å². The van der Waals surface area contributed by atoms with Crippen LogP contribution in [0.2, 0.25) is 0 Å². The van der Waals surface area contributed by atoms with Crippen LogP contribution >= 0.6 is 0 Å². The van der Waals surface area contributed by atoms with Crippen molar-refractivity contribution in [3.63, 3.8) is 0 Å². The van der Waals surface area contributed by atoms with Gasteiger partial charge in [0.25, 0.3) is 5.56 Å². The molecular weight excluding hydrogens is 270 g/mol. The first-order chi connectivity index (χ1) is 10.2. The zero-order valence-electron chi connectivity index (χ0n) is 11.9. The molecule has 0 atom stereocenters. The molecule has 0 amide bonds. The van der Waals surface area contributed by atoms with Gasteiger partial charge in [0.1, 0.15) is 5.56 Å². The van der Waals surface area contributed by atoms with Crippen molar-refractivity contribution in [3.05, 3.63) is 33.4 Å². The topological polar surface area (TPSA) is 76.5 Å². The van der Waals surface area contributed by atoms with E-state index < -0.39 is 5.97 Å². The van der Waals surface area contributed by atoms with Crippen molar-refractivity contribution in [1.29, 1.82) is 0 Å². The molecule has 2 saturated carbocycles. The summed E-state index contributed by atoms with van der Waals surface area (Å²) in [7, 11) is 0. The average Bonchev–Trinajstić information content (AvgIpc) is 3.37. The number of carbonyl (C=O) groups excluding carboxylic acids is 1. The summed E-state index contributed by atoms with van der Waals surface area (Å²) in [6.07, 6.45) is 5.98. The highest BCUT2D eigenvalue weighted by Crippen LogP contribution is 2.49. The predicted octanol–water partition coefficient (Wildman–Crippen LogP) is 1.95. The minimum absolute atomic E-state index is 0.0136. The van der Waals surface area contributed by atoms with E-state index in [-0.39, 0.29) is 17.7 Å². The molecule has 0 spiro atoms. The number of carbonyl (C=O) groups is 1. The zero-order chi connectivity index (χ0) is 14.6. The summed E-state index contributed by atoms with van der Waals surface area (Å²) in [5.74, 6) is 0.426. The molecule has 0 unspecified atom stereocenters. The Hall–Kier alpha value is -2.11. The lowest BCUT2D eigenvalue weighted by Gasteiger charge is -2.01. The lowest BCUT2D eigenvalue weighted by Crippen LogP contribution is -2.24. The summed E-state index contributed by atoms with van der Waals surface area (Å²) in [5.41, 5.74) is 2.62. The van der Waals surface area contributed by atoms with Gasteiger partial charge in [-0.25, -0.2) is 14.3 Å². The Morgan fingerprint density at radius 3 is 2.71 bits per heavy atom. The molecule has 1 N–H and O–H groups in total. The second-order valence-electron chi connectivity index (χ2n) is 5.84. The fraction of sp³-hybridized carbons (Fsp3) is 0.533. The van der Waals surface area contributed by atoms with E-state index in [2.05, 4.69) is 10.1 Å². The molecule has 2 aromatic heterocycles. The van der Waals surface area contributed by atoms with Crippen LogP contribution in [-0.2, 0) is 4.74 Å². The first-order valence-electron chi connectivity index (χ1n) is 7.51. The van der Waals surface area contributed by atoms with Crippen molar-refractivity contribution in [3.8, 4) is 0 Å². The Labute approximate surface area is 121 Å². The number of H-pyrrole nitrogens is 1. The van der Waals surface area contributed by atoms with E-state index in [4.69, 9.17) is 4.74 Å². The monoisotopic (exact) mass is 287 g/mol. The largest absolute Gasteiger partial charge is 0.462 e. The molecule has 2 fully saturated rings. The Morgan fingerprint density at radius 1 is 1.38 bits per heavy atom. The molecule has 2 aromatic rings. The number of nitrogens with one attached hydrogen (secondary N) is 1. The van der Waals surface area contributed by atoms with Gasteiger partial charge in [0.05, 0.1) is 6.61 Å². The highest BCUT2D eigenvalue weighted by atomic mass is 16.5. The molecule has 0 saturated heterocycles. The van der Waals surface area contributed by atoms with Crippen LogP contribution in [0, 0.1) is 0 Å². The van der Waals surface area contributed by atoms with E-state index in [9.17, 15) is 9.59 Å². The fourth-order valence-electron chi connectivity index (χ4n) is 2.86.